The van der Waals surface area contributed by atoms with Gasteiger partial charge >= 0.3 is 0 Å². The van der Waals surface area contributed by atoms with Crippen molar-refractivity contribution >= 4 is 56.3 Å². The van der Waals surface area contributed by atoms with Gasteiger partial charge in [-0.3, -0.25) is 9.36 Å². The molecular formula is C20H13ClN4O2S3. The van der Waals surface area contributed by atoms with Gasteiger partial charge in [0.15, 0.2) is 5.16 Å². The van der Waals surface area contributed by atoms with Crippen LogP contribution in [0.1, 0.15) is 5.89 Å². The molecule has 0 atom stereocenters. The van der Waals surface area contributed by atoms with E-state index in [-0.39, 0.29) is 5.56 Å². The Bertz CT molecular complexity index is 1410. The number of hydrogen-bond donors (Lipinski definition) is 0. The van der Waals surface area contributed by atoms with Crippen LogP contribution in [0.15, 0.2) is 61.6 Å². The van der Waals surface area contributed by atoms with Crippen LogP contribution in [0.4, 0.5) is 0 Å². The number of halogens is 1. The Balaban J connectivity index is 1.42. The average Bonchev–Trinajstić information content (AvgIpc) is 3.50. The molecule has 0 saturated carbocycles. The van der Waals surface area contributed by atoms with Gasteiger partial charge in [0, 0.05) is 28.4 Å². The minimum atomic E-state index is -0.0607. The second-order valence-corrected chi connectivity index (χ2v) is 9.50. The fraction of sp³-hybridized carbons (Fsp3) is 0.100. The van der Waals surface area contributed by atoms with Gasteiger partial charge in [0.2, 0.25) is 11.7 Å². The number of fused-ring (bicyclic) bond motifs is 1. The zero-order chi connectivity index (χ0) is 20.7. The SMILES string of the molecule is Cn1c(SCc2nc(-c3ccccc3Cl)no2)nc2scc(-c3cccs3)c2c1=O. The Hall–Kier alpha value is -2.46. The first-order chi connectivity index (χ1) is 14.6. The van der Waals surface area contributed by atoms with E-state index in [1.807, 2.05) is 41.1 Å². The van der Waals surface area contributed by atoms with Crippen LogP contribution in [-0.2, 0) is 12.8 Å². The maximum Gasteiger partial charge on any atom is 0.263 e. The Kier molecular flexibility index (Phi) is 5.20. The number of nitrogens with zero attached hydrogens (tertiary/aromatic N) is 4. The summed E-state index contributed by atoms with van der Waals surface area (Å²) in [6.45, 7) is 0. The van der Waals surface area contributed by atoms with Crippen molar-refractivity contribution in [3.05, 3.63) is 68.4 Å². The molecule has 0 aliphatic rings. The summed E-state index contributed by atoms with van der Waals surface area (Å²) < 4.78 is 6.93. The summed E-state index contributed by atoms with van der Waals surface area (Å²) >= 11 is 10.7. The van der Waals surface area contributed by atoms with Crippen LogP contribution >= 0.6 is 46.0 Å². The predicted octanol–water partition coefficient (Wildman–Crippen LogP) is 5.72. The first kappa shape index (κ1) is 19.5. The van der Waals surface area contributed by atoms with E-state index >= 15 is 0 Å². The summed E-state index contributed by atoms with van der Waals surface area (Å²) in [5, 5.41) is 9.83. The third-order valence-corrected chi connectivity index (χ3v) is 7.59. The fourth-order valence-corrected chi connectivity index (χ4v) is 5.82. The maximum atomic E-state index is 13.0. The number of hydrogen-bond acceptors (Lipinski definition) is 8. The van der Waals surface area contributed by atoms with Gasteiger partial charge in [-0.05, 0) is 23.6 Å². The number of aromatic nitrogens is 4. The van der Waals surface area contributed by atoms with Gasteiger partial charge in [-0.15, -0.1) is 22.7 Å². The molecule has 30 heavy (non-hydrogen) atoms. The molecule has 0 bridgehead atoms. The van der Waals surface area contributed by atoms with E-state index in [0.29, 0.717) is 38.6 Å². The summed E-state index contributed by atoms with van der Waals surface area (Å²) in [6.07, 6.45) is 0. The topological polar surface area (TPSA) is 73.8 Å². The Morgan fingerprint density at radius 2 is 2.00 bits per heavy atom. The zero-order valence-corrected chi connectivity index (χ0v) is 18.7. The molecule has 10 heteroatoms. The third-order valence-electron chi connectivity index (χ3n) is 4.47. The Morgan fingerprint density at radius 3 is 2.80 bits per heavy atom. The van der Waals surface area contributed by atoms with Gasteiger partial charge in [0.1, 0.15) is 4.83 Å². The lowest BCUT2D eigenvalue weighted by Gasteiger charge is -2.06. The van der Waals surface area contributed by atoms with Crippen LogP contribution in [0, 0.1) is 0 Å². The highest BCUT2D eigenvalue weighted by atomic mass is 35.5. The van der Waals surface area contributed by atoms with Gasteiger partial charge in [0.05, 0.1) is 16.2 Å². The molecule has 4 heterocycles. The quantitative estimate of drug-likeness (QED) is 0.240. The Morgan fingerprint density at radius 1 is 1.13 bits per heavy atom. The van der Waals surface area contributed by atoms with E-state index in [9.17, 15) is 4.79 Å². The van der Waals surface area contributed by atoms with Crippen LogP contribution in [0.3, 0.4) is 0 Å². The lowest BCUT2D eigenvalue weighted by atomic mass is 10.2. The minimum absolute atomic E-state index is 0.0607. The summed E-state index contributed by atoms with van der Waals surface area (Å²) in [7, 11) is 1.73. The molecule has 0 saturated heterocycles. The highest BCUT2D eigenvalue weighted by molar-refractivity contribution is 7.98. The molecule has 5 aromatic rings. The molecule has 0 aliphatic carbocycles. The van der Waals surface area contributed by atoms with E-state index in [1.165, 1.54) is 23.1 Å². The van der Waals surface area contributed by atoms with Gasteiger partial charge in [-0.1, -0.05) is 46.7 Å². The Labute approximate surface area is 188 Å². The van der Waals surface area contributed by atoms with Crippen molar-refractivity contribution in [1.82, 2.24) is 19.7 Å². The van der Waals surface area contributed by atoms with Gasteiger partial charge in [-0.2, -0.15) is 4.98 Å². The fourth-order valence-electron chi connectivity index (χ4n) is 2.99. The first-order valence-corrected chi connectivity index (χ1v) is 12.0. The number of rotatable bonds is 5. The summed E-state index contributed by atoms with van der Waals surface area (Å²) in [5.74, 6) is 1.27. The van der Waals surface area contributed by atoms with Gasteiger partial charge in [-0.25, -0.2) is 4.98 Å². The lowest BCUT2D eigenvalue weighted by Crippen LogP contribution is -2.19. The van der Waals surface area contributed by atoms with Gasteiger partial charge in [0.25, 0.3) is 5.56 Å². The van der Waals surface area contributed by atoms with Crippen molar-refractivity contribution in [2.45, 2.75) is 10.9 Å². The lowest BCUT2D eigenvalue weighted by molar-refractivity contribution is 0.391. The largest absolute Gasteiger partial charge is 0.338 e. The molecule has 1 aromatic carbocycles. The number of thiophene rings is 2. The smallest absolute Gasteiger partial charge is 0.263 e. The molecule has 4 aromatic heterocycles. The summed E-state index contributed by atoms with van der Waals surface area (Å²) in [6, 6.07) is 11.3. The standard InChI is InChI=1S/C20H13ClN4O2S3/c1-25-19(26)16-12(14-7-4-8-28-14)9-29-18(16)23-20(25)30-10-15-22-17(24-27-15)11-5-2-3-6-13(11)21/h2-9H,10H2,1H3. The second-order valence-electron chi connectivity index (χ2n) is 6.35. The predicted molar refractivity (Wildman–Crippen MR) is 122 cm³/mol. The van der Waals surface area contributed by atoms with Crippen molar-refractivity contribution in [3.8, 4) is 21.8 Å². The molecule has 5 rings (SSSR count). The first-order valence-electron chi connectivity index (χ1n) is 8.84. The molecule has 0 spiro atoms. The van der Waals surface area contributed by atoms with E-state index in [1.54, 1.807) is 29.0 Å². The van der Waals surface area contributed by atoms with Crippen LogP contribution < -0.4 is 5.56 Å². The average molecular weight is 473 g/mol. The number of thioether (sulfide) groups is 1. The minimum Gasteiger partial charge on any atom is -0.338 e. The molecule has 0 fully saturated rings. The van der Waals surface area contributed by atoms with Crippen molar-refractivity contribution < 1.29 is 4.52 Å². The summed E-state index contributed by atoms with van der Waals surface area (Å²) in [5.41, 5.74) is 1.59. The maximum absolute atomic E-state index is 13.0. The van der Waals surface area contributed by atoms with Crippen LogP contribution in [0.25, 0.3) is 32.0 Å². The number of benzene rings is 1. The highest BCUT2D eigenvalue weighted by Crippen LogP contribution is 2.35. The summed E-state index contributed by atoms with van der Waals surface area (Å²) in [4.78, 5) is 23.9. The van der Waals surface area contributed by atoms with Gasteiger partial charge < -0.3 is 4.52 Å². The molecule has 6 nitrogen and oxygen atoms in total. The van der Waals surface area contributed by atoms with Crippen LogP contribution in [0.2, 0.25) is 5.02 Å². The molecule has 150 valence electrons. The molecule has 0 radical (unpaired) electrons. The monoisotopic (exact) mass is 472 g/mol. The van der Waals surface area contributed by atoms with Crippen molar-refractivity contribution in [3.63, 3.8) is 0 Å². The van der Waals surface area contributed by atoms with Crippen molar-refractivity contribution in [2.75, 3.05) is 0 Å². The normalized spacial score (nSPS) is 11.4. The third kappa shape index (κ3) is 3.47. The molecule has 0 unspecified atom stereocenters. The van der Waals surface area contributed by atoms with E-state index in [2.05, 4.69) is 10.1 Å². The van der Waals surface area contributed by atoms with E-state index in [0.717, 1.165) is 15.3 Å². The molecule has 0 aliphatic heterocycles. The van der Waals surface area contributed by atoms with E-state index in [4.69, 9.17) is 21.1 Å². The molecule has 0 amide bonds. The van der Waals surface area contributed by atoms with Crippen LogP contribution in [-0.4, -0.2) is 19.7 Å². The highest BCUT2D eigenvalue weighted by Gasteiger charge is 2.17. The zero-order valence-electron chi connectivity index (χ0n) is 15.5. The molecule has 0 N–H and O–H groups in total. The van der Waals surface area contributed by atoms with Crippen molar-refractivity contribution in [2.24, 2.45) is 7.05 Å². The molecular weight excluding hydrogens is 460 g/mol. The van der Waals surface area contributed by atoms with E-state index < -0.39 is 0 Å². The van der Waals surface area contributed by atoms with Crippen LogP contribution in [0.5, 0.6) is 0 Å². The van der Waals surface area contributed by atoms with Crippen molar-refractivity contribution in [1.29, 1.82) is 0 Å². The second kappa shape index (κ2) is 7.99.